The van der Waals surface area contributed by atoms with Crippen LogP contribution in [0.4, 0.5) is 0 Å². The van der Waals surface area contributed by atoms with Crippen molar-refractivity contribution < 1.29 is 4.21 Å². The van der Waals surface area contributed by atoms with Crippen molar-refractivity contribution in [1.29, 1.82) is 0 Å². The molecule has 1 aromatic carbocycles. The molecule has 2 nitrogen and oxygen atoms in total. The summed E-state index contributed by atoms with van der Waals surface area (Å²) in [5.74, 6) is 0.671. The standard InChI is InChI=1S/C14H22ClNOS/c1-14(2,11-16)9-5-6-10-18(17)13-8-4-3-7-12(13)15/h3-4,7-8H,5-6,9-11,16H2,1-2H3. The maximum Gasteiger partial charge on any atom is 0.0574 e. The maximum atomic E-state index is 12.1. The van der Waals surface area contributed by atoms with Crippen molar-refractivity contribution in [1.82, 2.24) is 0 Å². The van der Waals surface area contributed by atoms with Crippen LogP contribution < -0.4 is 5.73 Å². The maximum absolute atomic E-state index is 12.1. The predicted molar refractivity (Wildman–Crippen MR) is 79.4 cm³/mol. The number of unbranched alkanes of at least 4 members (excludes halogenated alkanes) is 1. The first kappa shape index (κ1) is 15.7. The van der Waals surface area contributed by atoms with Crippen LogP contribution in [0.5, 0.6) is 0 Å². The van der Waals surface area contributed by atoms with Gasteiger partial charge in [-0.2, -0.15) is 0 Å². The molecule has 0 aliphatic rings. The zero-order chi connectivity index (χ0) is 13.6. The number of hydrogen-bond acceptors (Lipinski definition) is 2. The lowest BCUT2D eigenvalue weighted by molar-refractivity contribution is 0.336. The minimum Gasteiger partial charge on any atom is -0.330 e. The molecule has 0 heterocycles. The van der Waals surface area contributed by atoms with Gasteiger partial charge in [0.1, 0.15) is 0 Å². The molecule has 1 rings (SSSR count). The largest absolute Gasteiger partial charge is 0.330 e. The molecule has 0 aromatic heterocycles. The average Bonchev–Trinajstić information content (AvgIpc) is 2.35. The molecule has 1 aromatic rings. The minimum atomic E-state index is -0.988. The van der Waals surface area contributed by atoms with Gasteiger partial charge >= 0.3 is 0 Å². The first-order chi connectivity index (χ1) is 8.46. The summed E-state index contributed by atoms with van der Waals surface area (Å²) in [6.07, 6.45) is 3.07. The van der Waals surface area contributed by atoms with Crippen molar-refractivity contribution in [2.24, 2.45) is 11.1 Å². The molecule has 0 radical (unpaired) electrons. The molecular weight excluding hydrogens is 266 g/mol. The minimum absolute atomic E-state index is 0.186. The molecule has 2 N–H and O–H groups in total. The monoisotopic (exact) mass is 287 g/mol. The molecule has 0 fully saturated rings. The van der Waals surface area contributed by atoms with E-state index in [2.05, 4.69) is 13.8 Å². The second-order valence-corrected chi connectivity index (χ2v) is 7.25. The van der Waals surface area contributed by atoms with Crippen LogP contribution in [0.1, 0.15) is 33.1 Å². The van der Waals surface area contributed by atoms with Gasteiger partial charge in [-0.15, -0.1) is 0 Å². The van der Waals surface area contributed by atoms with E-state index in [0.29, 0.717) is 17.3 Å². The fraction of sp³-hybridized carbons (Fsp3) is 0.571. The van der Waals surface area contributed by atoms with Crippen LogP contribution in [0.2, 0.25) is 5.02 Å². The van der Waals surface area contributed by atoms with E-state index < -0.39 is 10.8 Å². The van der Waals surface area contributed by atoms with Crippen LogP contribution in [0, 0.1) is 5.41 Å². The van der Waals surface area contributed by atoms with Crippen molar-refractivity contribution in [2.45, 2.75) is 38.0 Å². The molecule has 0 bridgehead atoms. The summed E-state index contributed by atoms with van der Waals surface area (Å²) >= 11 is 6.02. The van der Waals surface area contributed by atoms with E-state index in [9.17, 15) is 4.21 Å². The van der Waals surface area contributed by atoms with Crippen LogP contribution >= 0.6 is 11.6 Å². The van der Waals surface area contributed by atoms with Gasteiger partial charge in [-0.3, -0.25) is 4.21 Å². The summed E-state index contributed by atoms with van der Waals surface area (Å²) in [7, 11) is -0.988. The molecule has 0 aliphatic carbocycles. The molecule has 102 valence electrons. The van der Waals surface area contributed by atoms with Gasteiger partial charge in [0.05, 0.1) is 20.7 Å². The Balaban J connectivity index is 2.37. The Morgan fingerprint density at radius 1 is 1.28 bits per heavy atom. The summed E-state index contributed by atoms with van der Waals surface area (Å²) in [6, 6.07) is 7.35. The number of benzene rings is 1. The highest BCUT2D eigenvalue weighted by Gasteiger charge is 2.15. The average molecular weight is 288 g/mol. The highest BCUT2D eigenvalue weighted by Crippen LogP contribution is 2.23. The molecule has 4 heteroatoms. The molecular formula is C14H22ClNOS. The molecule has 0 spiro atoms. The van der Waals surface area contributed by atoms with E-state index in [1.165, 1.54) is 0 Å². The van der Waals surface area contributed by atoms with Gasteiger partial charge in [0.2, 0.25) is 0 Å². The lowest BCUT2D eigenvalue weighted by Crippen LogP contribution is -2.23. The molecule has 0 saturated heterocycles. The van der Waals surface area contributed by atoms with E-state index in [1.54, 1.807) is 6.07 Å². The lowest BCUT2D eigenvalue weighted by Gasteiger charge is -2.21. The molecule has 1 atom stereocenters. The van der Waals surface area contributed by atoms with Crippen LogP contribution in [0.25, 0.3) is 0 Å². The number of hydrogen-bond donors (Lipinski definition) is 1. The Kier molecular flexibility index (Phi) is 6.33. The third-order valence-electron chi connectivity index (χ3n) is 3.07. The summed E-state index contributed by atoms with van der Waals surface area (Å²) < 4.78 is 12.1. The molecule has 18 heavy (non-hydrogen) atoms. The Bertz CT molecular complexity index is 407. The molecule has 0 saturated carbocycles. The van der Waals surface area contributed by atoms with Crippen molar-refractivity contribution in [3.05, 3.63) is 29.3 Å². The van der Waals surface area contributed by atoms with Gasteiger partial charge in [-0.1, -0.05) is 44.0 Å². The normalized spacial score (nSPS) is 13.6. The molecule has 0 aliphatic heterocycles. The zero-order valence-corrected chi connectivity index (χ0v) is 12.7. The SMILES string of the molecule is CC(C)(CN)CCCCS(=O)c1ccccc1Cl. The summed E-state index contributed by atoms with van der Waals surface area (Å²) in [4.78, 5) is 0.747. The van der Waals surface area contributed by atoms with Crippen molar-refractivity contribution in [3.63, 3.8) is 0 Å². The Hall–Kier alpha value is -0.380. The van der Waals surface area contributed by atoms with E-state index in [4.69, 9.17) is 17.3 Å². The zero-order valence-electron chi connectivity index (χ0n) is 11.1. The van der Waals surface area contributed by atoms with E-state index >= 15 is 0 Å². The summed E-state index contributed by atoms with van der Waals surface area (Å²) in [6.45, 7) is 5.02. The highest BCUT2D eigenvalue weighted by molar-refractivity contribution is 7.85. The predicted octanol–water partition coefficient (Wildman–Crippen LogP) is 3.60. The molecule has 1 unspecified atom stereocenters. The first-order valence-corrected chi connectivity index (χ1v) is 7.99. The van der Waals surface area contributed by atoms with Gasteiger partial charge in [0.25, 0.3) is 0 Å². The van der Waals surface area contributed by atoms with Crippen molar-refractivity contribution in [2.75, 3.05) is 12.3 Å². The highest BCUT2D eigenvalue weighted by atomic mass is 35.5. The summed E-state index contributed by atoms with van der Waals surface area (Å²) in [5.41, 5.74) is 5.87. The van der Waals surface area contributed by atoms with E-state index in [0.717, 1.165) is 24.2 Å². The Labute approximate surface area is 117 Å². The summed E-state index contributed by atoms with van der Waals surface area (Å²) in [5, 5.41) is 0.595. The number of rotatable bonds is 7. The second-order valence-electron chi connectivity index (χ2n) is 5.31. The molecule has 0 amide bonds. The van der Waals surface area contributed by atoms with Gasteiger partial charge < -0.3 is 5.73 Å². The van der Waals surface area contributed by atoms with Crippen LogP contribution in [0.15, 0.2) is 29.2 Å². The van der Waals surface area contributed by atoms with E-state index in [-0.39, 0.29) is 5.41 Å². The first-order valence-electron chi connectivity index (χ1n) is 6.29. The fourth-order valence-electron chi connectivity index (χ4n) is 1.68. The second kappa shape index (κ2) is 7.27. The van der Waals surface area contributed by atoms with Gasteiger partial charge in [0.15, 0.2) is 0 Å². The van der Waals surface area contributed by atoms with Gasteiger partial charge in [-0.05, 0) is 36.9 Å². The Morgan fingerprint density at radius 3 is 2.56 bits per heavy atom. The van der Waals surface area contributed by atoms with Gasteiger partial charge in [-0.25, -0.2) is 0 Å². The van der Waals surface area contributed by atoms with Crippen molar-refractivity contribution >= 4 is 22.4 Å². The quantitative estimate of drug-likeness (QED) is 0.779. The smallest absolute Gasteiger partial charge is 0.0574 e. The third-order valence-corrected chi connectivity index (χ3v) is 5.02. The van der Waals surface area contributed by atoms with E-state index in [1.807, 2.05) is 18.2 Å². The van der Waals surface area contributed by atoms with Crippen molar-refractivity contribution in [3.8, 4) is 0 Å². The van der Waals surface area contributed by atoms with Crippen LogP contribution in [-0.4, -0.2) is 16.5 Å². The number of halogens is 1. The number of nitrogens with two attached hydrogens (primary N) is 1. The topological polar surface area (TPSA) is 43.1 Å². The van der Waals surface area contributed by atoms with Crippen LogP contribution in [-0.2, 0) is 10.8 Å². The van der Waals surface area contributed by atoms with Gasteiger partial charge in [0, 0.05) is 5.75 Å². The third kappa shape index (κ3) is 5.09. The Morgan fingerprint density at radius 2 is 1.94 bits per heavy atom. The fourth-order valence-corrected chi connectivity index (χ4v) is 3.27. The van der Waals surface area contributed by atoms with Crippen LogP contribution in [0.3, 0.4) is 0 Å². The lowest BCUT2D eigenvalue weighted by atomic mass is 9.88.